The molecule has 1 saturated heterocycles. The van der Waals surface area contributed by atoms with Crippen LogP contribution in [0.5, 0.6) is 0 Å². The number of carbonyl (C=O) groups excluding carboxylic acids is 2. The molecule has 0 bridgehead atoms. The summed E-state index contributed by atoms with van der Waals surface area (Å²) in [5.74, 6) is -0.280. The van der Waals surface area contributed by atoms with Gasteiger partial charge in [-0.25, -0.2) is 4.79 Å². The number of benzene rings is 1. The fraction of sp³-hybridized carbons (Fsp3) is 0.300. The molecule has 136 valence electrons. The van der Waals surface area contributed by atoms with Gasteiger partial charge in [-0.3, -0.25) is 9.69 Å². The van der Waals surface area contributed by atoms with Crippen LogP contribution in [0.1, 0.15) is 23.9 Å². The Morgan fingerprint density at radius 3 is 2.31 bits per heavy atom. The number of carbonyl (C=O) groups is 2. The van der Waals surface area contributed by atoms with Crippen LogP contribution in [-0.4, -0.2) is 42.0 Å². The molecule has 0 spiro atoms. The van der Waals surface area contributed by atoms with Crippen LogP contribution in [0.25, 0.3) is 11.8 Å². The van der Waals surface area contributed by atoms with Crippen molar-refractivity contribution < 1.29 is 9.59 Å². The molecule has 3 rings (SSSR count). The highest BCUT2D eigenvalue weighted by Gasteiger charge is 2.32. The summed E-state index contributed by atoms with van der Waals surface area (Å²) in [4.78, 5) is 27.4. The van der Waals surface area contributed by atoms with E-state index in [1.165, 1.54) is 4.90 Å². The van der Waals surface area contributed by atoms with Crippen LogP contribution in [0, 0.1) is 13.8 Å². The third-order valence-electron chi connectivity index (χ3n) is 4.67. The SMILES string of the molecule is CCN1C(=O)NC(=Cc2cc(C)n(-c3ccc(N(C)C)cc3)c2C)C1=O. The quantitative estimate of drug-likeness (QED) is 0.680. The molecule has 1 aliphatic heterocycles. The molecule has 1 aromatic carbocycles. The minimum atomic E-state index is -0.364. The summed E-state index contributed by atoms with van der Waals surface area (Å²) in [6.45, 7) is 6.18. The van der Waals surface area contributed by atoms with Gasteiger partial charge in [0.05, 0.1) is 0 Å². The molecule has 0 radical (unpaired) electrons. The van der Waals surface area contributed by atoms with E-state index >= 15 is 0 Å². The number of rotatable bonds is 4. The number of hydrogen-bond donors (Lipinski definition) is 1. The largest absolute Gasteiger partial charge is 0.378 e. The van der Waals surface area contributed by atoms with Crippen molar-refractivity contribution in [3.8, 4) is 5.69 Å². The Morgan fingerprint density at radius 1 is 1.12 bits per heavy atom. The Morgan fingerprint density at radius 2 is 1.77 bits per heavy atom. The first-order chi connectivity index (χ1) is 12.3. The van der Waals surface area contributed by atoms with E-state index < -0.39 is 0 Å². The minimum absolute atomic E-state index is 0.280. The van der Waals surface area contributed by atoms with Crippen LogP contribution in [0.2, 0.25) is 0 Å². The highest BCUT2D eigenvalue weighted by atomic mass is 16.2. The lowest BCUT2D eigenvalue weighted by atomic mass is 10.2. The number of likely N-dealkylation sites (N-methyl/N-ethyl adjacent to an activating group) is 1. The second-order valence-corrected chi connectivity index (χ2v) is 6.61. The summed E-state index contributed by atoms with van der Waals surface area (Å²) in [6.07, 6.45) is 1.75. The van der Waals surface area contributed by atoms with Gasteiger partial charge in [0, 0.05) is 43.4 Å². The molecule has 1 fully saturated rings. The number of nitrogens with one attached hydrogen (secondary N) is 1. The Balaban J connectivity index is 1.98. The van der Waals surface area contributed by atoms with Crippen LogP contribution in [0.3, 0.4) is 0 Å². The van der Waals surface area contributed by atoms with Gasteiger partial charge >= 0.3 is 6.03 Å². The molecule has 1 aliphatic rings. The van der Waals surface area contributed by atoms with Gasteiger partial charge in [-0.15, -0.1) is 0 Å². The Hall–Kier alpha value is -3.02. The molecular weight excluding hydrogens is 328 g/mol. The standard InChI is InChI=1S/C20H24N4O2/c1-6-23-19(25)18(21-20(23)26)12-15-11-13(2)24(14(15)3)17-9-7-16(8-10-17)22(4)5/h7-12H,6H2,1-5H3,(H,21,26). The predicted octanol–water partition coefficient (Wildman–Crippen LogP) is 3.07. The highest BCUT2D eigenvalue weighted by molar-refractivity contribution is 6.14. The monoisotopic (exact) mass is 352 g/mol. The van der Waals surface area contributed by atoms with Gasteiger partial charge in [-0.2, -0.15) is 0 Å². The summed E-state index contributed by atoms with van der Waals surface area (Å²) in [6, 6.07) is 9.97. The number of aryl methyl sites for hydroxylation is 1. The average molecular weight is 352 g/mol. The zero-order valence-corrected chi connectivity index (χ0v) is 15.8. The van der Waals surface area contributed by atoms with Crippen LogP contribution in [-0.2, 0) is 4.79 Å². The second-order valence-electron chi connectivity index (χ2n) is 6.61. The lowest BCUT2D eigenvalue weighted by Gasteiger charge is -2.14. The molecule has 3 amide bonds. The summed E-state index contributed by atoms with van der Waals surface area (Å²) in [5.41, 5.74) is 5.52. The first-order valence-corrected chi connectivity index (χ1v) is 8.64. The van der Waals surface area contributed by atoms with Crippen molar-refractivity contribution >= 4 is 23.7 Å². The topological polar surface area (TPSA) is 57.6 Å². The zero-order chi connectivity index (χ0) is 19.0. The molecule has 1 N–H and O–H groups in total. The van der Waals surface area contributed by atoms with Crippen molar-refractivity contribution in [2.24, 2.45) is 0 Å². The maximum absolute atomic E-state index is 12.3. The van der Waals surface area contributed by atoms with Crippen LogP contribution < -0.4 is 10.2 Å². The van der Waals surface area contributed by atoms with E-state index in [1.807, 2.05) is 34.0 Å². The second kappa shape index (κ2) is 6.71. The van der Waals surface area contributed by atoms with E-state index in [9.17, 15) is 9.59 Å². The molecule has 2 aromatic rings. The van der Waals surface area contributed by atoms with Gasteiger partial charge in [0.2, 0.25) is 0 Å². The van der Waals surface area contributed by atoms with Crippen molar-refractivity contribution in [2.75, 3.05) is 25.5 Å². The summed E-state index contributed by atoms with van der Waals surface area (Å²) in [7, 11) is 4.02. The van der Waals surface area contributed by atoms with Crippen LogP contribution >= 0.6 is 0 Å². The molecule has 0 atom stereocenters. The lowest BCUT2D eigenvalue weighted by molar-refractivity contribution is -0.122. The van der Waals surface area contributed by atoms with E-state index in [0.29, 0.717) is 12.2 Å². The van der Waals surface area contributed by atoms with Gasteiger partial charge < -0.3 is 14.8 Å². The maximum atomic E-state index is 12.3. The third-order valence-corrected chi connectivity index (χ3v) is 4.67. The van der Waals surface area contributed by atoms with Gasteiger partial charge in [-0.1, -0.05) is 0 Å². The number of imide groups is 1. The third kappa shape index (κ3) is 2.98. The summed E-state index contributed by atoms with van der Waals surface area (Å²) in [5, 5.41) is 2.65. The average Bonchev–Trinajstić information content (AvgIpc) is 3.03. The smallest absolute Gasteiger partial charge is 0.328 e. The maximum Gasteiger partial charge on any atom is 0.328 e. The van der Waals surface area contributed by atoms with Crippen molar-refractivity contribution in [1.29, 1.82) is 0 Å². The number of aromatic nitrogens is 1. The molecule has 26 heavy (non-hydrogen) atoms. The normalized spacial score (nSPS) is 15.7. The number of anilines is 1. The molecule has 6 nitrogen and oxygen atoms in total. The van der Waals surface area contributed by atoms with E-state index in [4.69, 9.17) is 0 Å². The van der Waals surface area contributed by atoms with E-state index in [1.54, 1.807) is 13.0 Å². The van der Waals surface area contributed by atoms with Crippen molar-refractivity contribution in [2.45, 2.75) is 20.8 Å². The fourth-order valence-electron chi connectivity index (χ4n) is 3.25. The molecular formula is C20H24N4O2. The number of nitrogens with zero attached hydrogens (tertiary/aromatic N) is 3. The Labute approximate surface area is 153 Å². The minimum Gasteiger partial charge on any atom is -0.378 e. The fourth-order valence-corrected chi connectivity index (χ4v) is 3.25. The van der Waals surface area contributed by atoms with E-state index in [0.717, 1.165) is 28.3 Å². The molecule has 0 unspecified atom stereocenters. The van der Waals surface area contributed by atoms with Gasteiger partial charge in [0.1, 0.15) is 5.70 Å². The summed E-state index contributed by atoms with van der Waals surface area (Å²) >= 11 is 0. The zero-order valence-electron chi connectivity index (χ0n) is 15.8. The van der Waals surface area contributed by atoms with E-state index in [2.05, 4.69) is 39.0 Å². The molecule has 6 heteroatoms. The van der Waals surface area contributed by atoms with Gasteiger partial charge in [-0.05, 0) is 62.7 Å². The first-order valence-electron chi connectivity index (χ1n) is 8.64. The van der Waals surface area contributed by atoms with Gasteiger partial charge in [0.25, 0.3) is 5.91 Å². The van der Waals surface area contributed by atoms with E-state index in [-0.39, 0.29) is 11.9 Å². The first kappa shape index (κ1) is 17.8. The van der Waals surface area contributed by atoms with Crippen molar-refractivity contribution in [3.63, 3.8) is 0 Å². The molecule has 2 heterocycles. The Bertz CT molecular complexity index is 891. The number of hydrogen-bond acceptors (Lipinski definition) is 3. The van der Waals surface area contributed by atoms with Crippen LogP contribution in [0.4, 0.5) is 10.5 Å². The van der Waals surface area contributed by atoms with Crippen LogP contribution in [0.15, 0.2) is 36.0 Å². The highest BCUT2D eigenvalue weighted by Crippen LogP contribution is 2.25. The van der Waals surface area contributed by atoms with Crippen molar-refractivity contribution in [3.05, 3.63) is 53.0 Å². The predicted molar refractivity (Wildman–Crippen MR) is 103 cm³/mol. The number of amides is 3. The summed E-state index contributed by atoms with van der Waals surface area (Å²) < 4.78 is 2.14. The Kier molecular flexibility index (Phi) is 4.59. The van der Waals surface area contributed by atoms with Crippen molar-refractivity contribution in [1.82, 2.24) is 14.8 Å². The molecule has 0 saturated carbocycles. The number of urea groups is 1. The molecule has 0 aliphatic carbocycles. The lowest BCUT2D eigenvalue weighted by Crippen LogP contribution is -2.30. The van der Waals surface area contributed by atoms with Gasteiger partial charge in [0.15, 0.2) is 0 Å². The molecule has 1 aromatic heterocycles.